The van der Waals surface area contributed by atoms with Crippen LogP contribution < -0.4 is 10.1 Å². The van der Waals surface area contributed by atoms with E-state index in [1.165, 1.54) is 6.08 Å². The number of aromatic amines is 1. The molecule has 0 radical (unpaired) electrons. The lowest BCUT2D eigenvalue weighted by molar-refractivity contribution is -0.126. The van der Waals surface area contributed by atoms with Crippen LogP contribution in [0.15, 0.2) is 61.2 Å². The number of amides is 2. The predicted molar refractivity (Wildman–Crippen MR) is 109 cm³/mol. The van der Waals surface area contributed by atoms with E-state index in [1.54, 1.807) is 18.1 Å². The summed E-state index contributed by atoms with van der Waals surface area (Å²) in [6.45, 7) is 4.59. The monoisotopic (exact) mass is 388 g/mol. The Kier molecular flexibility index (Phi) is 4.87. The molecule has 1 aromatic heterocycles. The van der Waals surface area contributed by atoms with Gasteiger partial charge in [0.2, 0.25) is 5.91 Å². The number of carbonyl (C=O) groups is 2. The summed E-state index contributed by atoms with van der Waals surface area (Å²) in [4.78, 5) is 26.1. The van der Waals surface area contributed by atoms with E-state index in [1.807, 2.05) is 42.5 Å². The Hall–Kier alpha value is -3.87. The first-order valence-electron chi connectivity index (χ1n) is 9.11. The molecule has 4 rings (SSSR count). The number of carbonyl (C=O) groups excluding carboxylic acids is 2. The molecule has 1 aliphatic rings. The SMILES string of the molecule is C=CC(=O)N1Cc2ccc(NC(=O)c3cc(-c4ccc(OC)cc4)n[nH]3)cc2C1. The van der Waals surface area contributed by atoms with Crippen molar-refractivity contribution in [2.24, 2.45) is 0 Å². The summed E-state index contributed by atoms with van der Waals surface area (Å²) in [6, 6.07) is 14.8. The van der Waals surface area contributed by atoms with Gasteiger partial charge in [-0.1, -0.05) is 12.6 Å². The Morgan fingerprint density at radius 2 is 1.90 bits per heavy atom. The van der Waals surface area contributed by atoms with Gasteiger partial charge < -0.3 is 15.0 Å². The van der Waals surface area contributed by atoms with Crippen molar-refractivity contribution >= 4 is 17.5 Å². The van der Waals surface area contributed by atoms with E-state index in [4.69, 9.17) is 4.74 Å². The minimum atomic E-state index is -0.283. The molecule has 0 fully saturated rings. The van der Waals surface area contributed by atoms with Gasteiger partial charge in [0.1, 0.15) is 11.4 Å². The summed E-state index contributed by atoms with van der Waals surface area (Å²) in [5.41, 5.74) is 4.67. The van der Waals surface area contributed by atoms with Crippen LogP contribution in [-0.2, 0) is 17.9 Å². The third-order valence-electron chi connectivity index (χ3n) is 4.88. The maximum absolute atomic E-state index is 12.6. The van der Waals surface area contributed by atoms with Crippen LogP contribution in [0.3, 0.4) is 0 Å². The van der Waals surface area contributed by atoms with Crippen LogP contribution in [0.5, 0.6) is 5.75 Å². The number of methoxy groups -OCH3 is 1. The molecule has 2 heterocycles. The van der Waals surface area contributed by atoms with Crippen LogP contribution >= 0.6 is 0 Å². The van der Waals surface area contributed by atoms with Gasteiger partial charge in [-0.15, -0.1) is 0 Å². The van der Waals surface area contributed by atoms with Crippen LogP contribution in [0.2, 0.25) is 0 Å². The molecule has 0 bridgehead atoms. The fraction of sp³-hybridized carbons (Fsp3) is 0.136. The summed E-state index contributed by atoms with van der Waals surface area (Å²) in [7, 11) is 1.61. The molecule has 2 amide bonds. The zero-order valence-corrected chi connectivity index (χ0v) is 15.9. The van der Waals surface area contributed by atoms with E-state index >= 15 is 0 Å². The average molecular weight is 388 g/mol. The molecule has 0 unspecified atom stereocenters. The molecule has 29 heavy (non-hydrogen) atoms. The lowest BCUT2D eigenvalue weighted by Gasteiger charge is -2.11. The van der Waals surface area contributed by atoms with Crippen molar-refractivity contribution in [1.29, 1.82) is 0 Å². The van der Waals surface area contributed by atoms with Crippen LogP contribution in [0.25, 0.3) is 11.3 Å². The molecule has 7 heteroatoms. The van der Waals surface area contributed by atoms with Crippen LogP contribution in [0.1, 0.15) is 21.6 Å². The Morgan fingerprint density at radius 1 is 1.14 bits per heavy atom. The van der Waals surface area contributed by atoms with Crippen molar-refractivity contribution in [3.05, 3.63) is 78.0 Å². The molecule has 0 atom stereocenters. The third kappa shape index (κ3) is 3.75. The molecule has 7 nitrogen and oxygen atoms in total. The summed E-state index contributed by atoms with van der Waals surface area (Å²) in [6.07, 6.45) is 1.31. The molecule has 0 saturated carbocycles. The highest BCUT2D eigenvalue weighted by molar-refractivity contribution is 6.03. The van der Waals surface area contributed by atoms with Crippen molar-refractivity contribution < 1.29 is 14.3 Å². The predicted octanol–water partition coefficient (Wildman–Crippen LogP) is 3.37. The largest absolute Gasteiger partial charge is 0.497 e. The number of fused-ring (bicyclic) bond motifs is 1. The Morgan fingerprint density at radius 3 is 2.62 bits per heavy atom. The minimum absolute atomic E-state index is 0.102. The van der Waals surface area contributed by atoms with E-state index < -0.39 is 0 Å². The van der Waals surface area contributed by atoms with Crippen LogP contribution in [0, 0.1) is 0 Å². The maximum atomic E-state index is 12.6. The van der Waals surface area contributed by atoms with E-state index in [9.17, 15) is 9.59 Å². The minimum Gasteiger partial charge on any atom is -0.497 e. The molecule has 0 saturated heterocycles. The first-order chi connectivity index (χ1) is 14.1. The number of nitrogens with zero attached hydrogens (tertiary/aromatic N) is 2. The highest BCUT2D eigenvalue weighted by Gasteiger charge is 2.22. The fourth-order valence-corrected chi connectivity index (χ4v) is 3.30. The molecular formula is C22H20N4O3. The topological polar surface area (TPSA) is 87.3 Å². The van der Waals surface area contributed by atoms with Crippen molar-refractivity contribution in [3.63, 3.8) is 0 Å². The standard InChI is InChI=1S/C22H20N4O3/c1-3-21(27)26-12-15-4-7-17(10-16(15)13-26)23-22(28)20-11-19(24-25-20)14-5-8-18(29-2)9-6-14/h3-11H,1,12-13H2,2H3,(H,23,28)(H,24,25). The number of hydrogen-bond acceptors (Lipinski definition) is 4. The quantitative estimate of drug-likeness (QED) is 0.656. The Balaban J connectivity index is 1.46. The fourth-order valence-electron chi connectivity index (χ4n) is 3.30. The molecule has 0 spiro atoms. The summed E-state index contributed by atoms with van der Waals surface area (Å²) in [5, 5.41) is 9.87. The Bertz CT molecular complexity index is 1090. The first-order valence-corrected chi connectivity index (χ1v) is 9.11. The van der Waals surface area contributed by atoms with Gasteiger partial charge in [-0.3, -0.25) is 14.7 Å². The molecule has 1 aliphatic heterocycles. The first kappa shape index (κ1) is 18.5. The smallest absolute Gasteiger partial charge is 0.273 e. The van der Waals surface area contributed by atoms with E-state index in [2.05, 4.69) is 22.1 Å². The zero-order chi connectivity index (χ0) is 20.4. The molecule has 146 valence electrons. The third-order valence-corrected chi connectivity index (χ3v) is 4.88. The number of benzene rings is 2. The van der Waals surface area contributed by atoms with E-state index in [-0.39, 0.29) is 11.8 Å². The van der Waals surface area contributed by atoms with Crippen molar-refractivity contribution in [2.45, 2.75) is 13.1 Å². The number of anilines is 1. The number of nitrogens with one attached hydrogen (secondary N) is 2. The van der Waals surface area contributed by atoms with Gasteiger partial charge >= 0.3 is 0 Å². The molecule has 2 aromatic carbocycles. The van der Waals surface area contributed by atoms with Gasteiger partial charge in [0.05, 0.1) is 12.8 Å². The number of ether oxygens (including phenoxy) is 1. The van der Waals surface area contributed by atoms with Gasteiger partial charge in [-0.05, 0) is 59.7 Å². The molecule has 3 aromatic rings. The van der Waals surface area contributed by atoms with Gasteiger partial charge in [0.25, 0.3) is 5.91 Å². The second-order valence-electron chi connectivity index (χ2n) is 6.73. The van der Waals surface area contributed by atoms with Gasteiger partial charge in [-0.25, -0.2) is 0 Å². The second kappa shape index (κ2) is 7.63. The maximum Gasteiger partial charge on any atom is 0.273 e. The Labute approximate surface area is 168 Å². The normalized spacial score (nSPS) is 12.4. The van der Waals surface area contributed by atoms with Crippen LogP contribution in [-0.4, -0.2) is 34.0 Å². The van der Waals surface area contributed by atoms with Gasteiger partial charge in [0.15, 0.2) is 0 Å². The van der Waals surface area contributed by atoms with Gasteiger partial charge in [-0.2, -0.15) is 5.10 Å². The number of H-pyrrole nitrogens is 1. The van der Waals surface area contributed by atoms with Crippen LogP contribution in [0.4, 0.5) is 5.69 Å². The summed E-state index contributed by atoms with van der Waals surface area (Å²) >= 11 is 0. The lowest BCUT2D eigenvalue weighted by atomic mass is 10.1. The lowest BCUT2D eigenvalue weighted by Crippen LogP contribution is -2.22. The highest BCUT2D eigenvalue weighted by Crippen LogP contribution is 2.26. The average Bonchev–Trinajstić information content (AvgIpc) is 3.40. The van der Waals surface area contributed by atoms with Gasteiger partial charge in [0, 0.05) is 24.3 Å². The second-order valence-corrected chi connectivity index (χ2v) is 6.73. The van der Waals surface area contributed by atoms with Crippen molar-refractivity contribution in [1.82, 2.24) is 15.1 Å². The molecular weight excluding hydrogens is 368 g/mol. The zero-order valence-electron chi connectivity index (χ0n) is 15.9. The summed E-state index contributed by atoms with van der Waals surface area (Å²) < 4.78 is 5.15. The number of aromatic nitrogens is 2. The summed E-state index contributed by atoms with van der Waals surface area (Å²) in [5.74, 6) is 0.372. The number of rotatable bonds is 5. The van der Waals surface area contributed by atoms with Crippen molar-refractivity contribution in [2.75, 3.05) is 12.4 Å². The van der Waals surface area contributed by atoms with E-state index in [0.29, 0.717) is 30.2 Å². The van der Waals surface area contributed by atoms with E-state index in [0.717, 1.165) is 22.4 Å². The highest BCUT2D eigenvalue weighted by atomic mass is 16.5. The molecule has 0 aliphatic carbocycles. The molecule has 2 N–H and O–H groups in total. The van der Waals surface area contributed by atoms with Crippen molar-refractivity contribution in [3.8, 4) is 17.0 Å². The number of hydrogen-bond donors (Lipinski definition) is 2.